The van der Waals surface area contributed by atoms with Gasteiger partial charge in [-0.15, -0.1) is 0 Å². The van der Waals surface area contributed by atoms with Gasteiger partial charge >= 0.3 is 0 Å². The first-order chi connectivity index (χ1) is 10.8. The molecule has 3 heteroatoms. The molecule has 0 saturated heterocycles. The van der Waals surface area contributed by atoms with Crippen LogP contribution in [0, 0.1) is 0 Å². The molecule has 0 aliphatic carbocycles. The predicted octanol–water partition coefficient (Wildman–Crippen LogP) is 4.72. The maximum atomic E-state index is 4.53. The summed E-state index contributed by atoms with van der Waals surface area (Å²) >= 11 is 3.65. The second kappa shape index (κ2) is 7.34. The summed E-state index contributed by atoms with van der Waals surface area (Å²) in [5, 5.41) is 3.62. The van der Waals surface area contributed by atoms with E-state index in [2.05, 4.69) is 74.8 Å². The van der Waals surface area contributed by atoms with E-state index >= 15 is 0 Å². The third-order valence-corrected chi connectivity index (χ3v) is 4.28. The fourth-order valence-electron chi connectivity index (χ4n) is 2.45. The first kappa shape index (κ1) is 14.9. The number of nitrogens with zero attached hydrogens (tertiary/aromatic N) is 1. The van der Waals surface area contributed by atoms with Crippen LogP contribution in [0.3, 0.4) is 0 Å². The standard InChI is InChI=1S/C19H17BrN2/c20-17-11-5-4-10-16(17)19(18-12-6-7-13-21-18)22-14-15-8-2-1-3-9-15/h1-13,19,22H,14H2. The SMILES string of the molecule is Brc1ccccc1C(NCc1ccccc1)c1ccccn1. The van der Waals surface area contributed by atoms with Crippen LogP contribution in [0.5, 0.6) is 0 Å². The molecule has 0 fully saturated rings. The Hall–Kier alpha value is -1.97. The van der Waals surface area contributed by atoms with Gasteiger partial charge in [-0.05, 0) is 29.3 Å². The lowest BCUT2D eigenvalue weighted by atomic mass is 10.0. The minimum Gasteiger partial charge on any atom is -0.301 e. The number of rotatable bonds is 5. The molecular formula is C19H17BrN2. The molecule has 22 heavy (non-hydrogen) atoms. The van der Waals surface area contributed by atoms with Gasteiger partial charge in [0.05, 0.1) is 11.7 Å². The second-order valence-corrected chi connectivity index (χ2v) is 5.93. The molecule has 3 rings (SSSR count). The lowest BCUT2D eigenvalue weighted by molar-refractivity contribution is 0.590. The zero-order chi connectivity index (χ0) is 15.2. The van der Waals surface area contributed by atoms with E-state index in [-0.39, 0.29) is 6.04 Å². The van der Waals surface area contributed by atoms with E-state index in [0.717, 1.165) is 16.7 Å². The quantitative estimate of drug-likeness (QED) is 0.718. The number of halogens is 1. The van der Waals surface area contributed by atoms with Crippen LogP contribution in [0.15, 0.2) is 83.5 Å². The summed E-state index contributed by atoms with van der Waals surface area (Å²) in [6.45, 7) is 0.795. The summed E-state index contributed by atoms with van der Waals surface area (Å²) in [5.74, 6) is 0. The van der Waals surface area contributed by atoms with Gasteiger partial charge in [-0.1, -0.05) is 70.5 Å². The van der Waals surface area contributed by atoms with Crippen LogP contribution in [0.25, 0.3) is 0 Å². The van der Waals surface area contributed by atoms with Gasteiger partial charge in [0, 0.05) is 17.2 Å². The lowest BCUT2D eigenvalue weighted by Gasteiger charge is -2.20. The zero-order valence-corrected chi connectivity index (χ0v) is 13.7. The molecule has 110 valence electrons. The Kier molecular flexibility index (Phi) is 4.99. The maximum Gasteiger partial charge on any atom is 0.0764 e. The van der Waals surface area contributed by atoms with Crippen LogP contribution in [-0.2, 0) is 6.54 Å². The van der Waals surface area contributed by atoms with Crippen molar-refractivity contribution >= 4 is 15.9 Å². The molecule has 0 radical (unpaired) electrons. The van der Waals surface area contributed by atoms with Crippen molar-refractivity contribution in [1.82, 2.24) is 10.3 Å². The highest BCUT2D eigenvalue weighted by atomic mass is 79.9. The summed E-state index contributed by atoms with van der Waals surface area (Å²) in [7, 11) is 0. The van der Waals surface area contributed by atoms with Crippen LogP contribution in [-0.4, -0.2) is 4.98 Å². The van der Waals surface area contributed by atoms with Crippen LogP contribution >= 0.6 is 15.9 Å². The lowest BCUT2D eigenvalue weighted by Crippen LogP contribution is -2.23. The fourth-order valence-corrected chi connectivity index (χ4v) is 2.96. The largest absolute Gasteiger partial charge is 0.301 e. The first-order valence-electron chi connectivity index (χ1n) is 7.27. The number of benzene rings is 2. The Labute approximate surface area is 139 Å². The molecule has 0 saturated carbocycles. The molecule has 0 aliphatic rings. The number of nitrogens with one attached hydrogen (secondary N) is 1. The smallest absolute Gasteiger partial charge is 0.0764 e. The fraction of sp³-hybridized carbons (Fsp3) is 0.105. The van der Waals surface area contributed by atoms with E-state index in [9.17, 15) is 0 Å². The minimum absolute atomic E-state index is 0.0528. The van der Waals surface area contributed by atoms with E-state index in [0.29, 0.717) is 0 Å². The van der Waals surface area contributed by atoms with E-state index in [1.54, 1.807) is 0 Å². The summed E-state index contributed by atoms with van der Waals surface area (Å²) < 4.78 is 1.09. The van der Waals surface area contributed by atoms with Gasteiger partial charge in [-0.2, -0.15) is 0 Å². The van der Waals surface area contributed by atoms with Crippen molar-refractivity contribution in [3.63, 3.8) is 0 Å². The summed E-state index contributed by atoms with van der Waals surface area (Å²) in [4.78, 5) is 4.53. The third kappa shape index (κ3) is 3.62. The molecule has 2 aromatic carbocycles. The van der Waals surface area contributed by atoms with Gasteiger partial charge in [0.25, 0.3) is 0 Å². The van der Waals surface area contributed by atoms with Crippen molar-refractivity contribution in [2.24, 2.45) is 0 Å². The van der Waals surface area contributed by atoms with Crippen molar-refractivity contribution in [3.05, 3.63) is 100 Å². The van der Waals surface area contributed by atoms with Gasteiger partial charge in [-0.3, -0.25) is 4.98 Å². The second-order valence-electron chi connectivity index (χ2n) is 5.08. The summed E-state index contributed by atoms with van der Waals surface area (Å²) in [6.07, 6.45) is 1.84. The third-order valence-electron chi connectivity index (χ3n) is 3.55. The molecule has 0 bridgehead atoms. The molecule has 1 atom stereocenters. The van der Waals surface area contributed by atoms with Crippen LogP contribution in [0.4, 0.5) is 0 Å². The van der Waals surface area contributed by atoms with Gasteiger partial charge in [0.1, 0.15) is 0 Å². The van der Waals surface area contributed by atoms with Gasteiger partial charge in [0.2, 0.25) is 0 Å². The van der Waals surface area contributed by atoms with Crippen LogP contribution < -0.4 is 5.32 Å². The van der Waals surface area contributed by atoms with Gasteiger partial charge in [0.15, 0.2) is 0 Å². The molecule has 1 unspecified atom stereocenters. The molecule has 1 heterocycles. The molecule has 1 aromatic heterocycles. The highest BCUT2D eigenvalue weighted by Crippen LogP contribution is 2.27. The molecule has 2 nitrogen and oxygen atoms in total. The van der Waals surface area contributed by atoms with Crippen molar-refractivity contribution in [2.75, 3.05) is 0 Å². The summed E-state index contributed by atoms with van der Waals surface area (Å²) in [5.41, 5.74) is 3.47. The van der Waals surface area contributed by atoms with E-state index in [1.165, 1.54) is 11.1 Å². The molecule has 0 amide bonds. The minimum atomic E-state index is 0.0528. The van der Waals surface area contributed by atoms with Crippen molar-refractivity contribution in [2.45, 2.75) is 12.6 Å². The molecular weight excluding hydrogens is 336 g/mol. The topological polar surface area (TPSA) is 24.9 Å². The Morgan fingerprint density at radius 3 is 2.32 bits per heavy atom. The van der Waals surface area contributed by atoms with Gasteiger partial charge in [-0.25, -0.2) is 0 Å². The predicted molar refractivity (Wildman–Crippen MR) is 93.5 cm³/mol. The number of pyridine rings is 1. The monoisotopic (exact) mass is 352 g/mol. The zero-order valence-electron chi connectivity index (χ0n) is 12.1. The van der Waals surface area contributed by atoms with Crippen molar-refractivity contribution in [3.8, 4) is 0 Å². The average molecular weight is 353 g/mol. The Balaban J connectivity index is 1.89. The first-order valence-corrected chi connectivity index (χ1v) is 8.06. The van der Waals surface area contributed by atoms with E-state index in [4.69, 9.17) is 0 Å². The molecule has 0 spiro atoms. The van der Waals surface area contributed by atoms with Gasteiger partial charge < -0.3 is 5.32 Å². The van der Waals surface area contributed by atoms with E-state index < -0.39 is 0 Å². The van der Waals surface area contributed by atoms with Crippen LogP contribution in [0.2, 0.25) is 0 Å². The average Bonchev–Trinajstić information content (AvgIpc) is 2.58. The Morgan fingerprint density at radius 1 is 0.864 bits per heavy atom. The van der Waals surface area contributed by atoms with Crippen LogP contribution in [0.1, 0.15) is 22.9 Å². The Morgan fingerprint density at radius 2 is 1.59 bits per heavy atom. The summed E-state index contributed by atoms with van der Waals surface area (Å²) in [6, 6.07) is 24.8. The maximum absolute atomic E-state index is 4.53. The van der Waals surface area contributed by atoms with Crippen molar-refractivity contribution in [1.29, 1.82) is 0 Å². The highest BCUT2D eigenvalue weighted by Gasteiger charge is 2.17. The molecule has 3 aromatic rings. The number of aromatic nitrogens is 1. The normalized spacial score (nSPS) is 12.0. The Bertz CT molecular complexity index is 714. The molecule has 1 N–H and O–H groups in total. The molecule has 0 aliphatic heterocycles. The van der Waals surface area contributed by atoms with Crippen molar-refractivity contribution < 1.29 is 0 Å². The number of hydrogen-bond acceptors (Lipinski definition) is 2. The number of hydrogen-bond donors (Lipinski definition) is 1. The van der Waals surface area contributed by atoms with E-state index in [1.807, 2.05) is 30.5 Å². The highest BCUT2D eigenvalue weighted by molar-refractivity contribution is 9.10.